The summed E-state index contributed by atoms with van der Waals surface area (Å²) in [6.45, 7) is 13.9. The van der Waals surface area contributed by atoms with Crippen LogP contribution in [0, 0.1) is 6.92 Å². The Labute approximate surface area is 196 Å². The Morgan fingerprint density at radius 1 is 1.06 bits per heavy atom. The van der Waals surface area contributed by atoms with Gasteiger partial charge in [-0.3, -0.25) is 0 Å². The Balaban J connectivity index is 0.000000668. The first-order chi connectivity index (χ1) is 15.5. The standard InChI is InChI=1S/C25H23NOS.C4H8/c1-5-18-14-22(24(17(18)3)19-10-12-20(27-4)13-11-19)23-15-28-25(26-23)21-9-7-6-8-16(21)2;1-3-4-2/h5-15,24H,1H2,2-4H3;3H,1,4H2,2H3. The smallest absolute Gasteiger partial charge is 0.124 e. The van der Waals surface area contributed by atoms with Crippen LogP contribution < -0.4 is 4.74 Å². The van der Waals surface area contributed by atoms with Crippen molar-refractivity contribution < 1.29 is 4.74 Å². The van der Waals surface area contributed by atoms with Crippen LogP contribution in [0.15, 0.2) is 96.4 Å². The molecule has 3 heteroatoms. The van der Waals surface area contributed by atoms with Crippen molar-refractivity contribution in [1.82, 2.24) is 4.98 Å². The van der Waals surface area contributed by atoms with E-state index in [1.807, 2.05) is 24.3 Å². The maximum atomic E-state index is 5.32. The van der Waals surface area contributed by atoms with Crippen LogP contribution in [0.2, 0.25) is 0 Å². The largest absolute Gasteiger partial charge is 0.497 e. The number of hydrogen-bond donors (Lipinski definition) is 0. The topological polar surface area (TPSA) is 22.1 Å². The number of rotatable bonds is 6. The molecule has 1 atom stereocenters. The van der Waals surface area contributed by atoms with Gasteiger partial charge < -0.3 is 4.74 Å². The monoisotopic (exact) mass is 441 g/mol. The van der Waals surface area contributed by atoms with Gasteiger partial charge in [-0.25, -0.2) is 4.98 Å². The Kier molecular flexibility index (Phi) is 8.02. The lowest BCUT2D eigenvalue weighted by molar-refractivity contribution is 0.414. The number of allylic oxidation sites excluding steroid dienone is 6. The zero-order chi connectivity index (χ0) is 23.1. The average Bonchev–Trinajstić information content (AvgIpc) is 3.44. The molecule has 0 spiro atoms. The van der Waals surface area contributed by atoms with Crippen LogP contribution in [0.1, 0.15) is 43.0 Å². The van der Waals surface area contributed by atoms with Gasteiger partial charge >= 0.3 is 0 Å². The molecule has 0 radical (unpaired) electrons. The molecule has 0 saturated carbocycles. The summed E-state index contributed by atoms with van der Waals surface area (Å²) in [5.74, 6) is 1.05. The van der Waals surface area contributed by atoms with Crippen LogP contribution in [0.5, 0.6) is 5.75 Å². The summed E-state index contributed by atoms with van der Waals surface area (Å²) in [6, 6.07) is 16.7. The van der Waals surface area contributed by atoms with Gasteiger partial charge in [0.15, 0.2) is 0 Å². The van der Waals surface area contributed by atoms with Gasteiger partial charge in [-0.05, 0) is 60.8 Å². The third-order valence-corrected chi connectivity index (χ3v) is 6.52. The molecule has 164 valence electrons. The van der Waals surface area contributed by atoms with Gasteiger partial charge in [0.25, 0.3) is 0 Å². The number of thiazole rings is 1. The number of nitrogens with zero attached hydrogens (tertiary/aromatic N) is 1. The normalized spacial score (nSPS) is 15.0. The number of methoxy groups -OCH3 is 1. The first-order valence-corrected chi connectivity index (χ1v) is 11.7. The van der Waals surface area contributed by atoms with Crippen LogP contribution in [-0.2, 0) is 0 Å². The van der Waals surface area contributed by atoms with E-state index in [1.165, 1.54) is 33.4 Å². The molecule has 1 unspecified atom stereocenters. The van der Waals surface area contributed by atoms with Crippen molar-refractivity contribution in [3.63, 3.8) is 0 Å². The predicted molar refractivity (Wildman–Crippen MR) is 139 cm³/mol. The molecule has 2 nitrogen and oxygen atoms in total. The number of benzene rings is 2. The summed E-state index contributed by atoms with van der Waals surface area (Å²) in [7, 11) is 1.69. The van der Waals surface area contributed by atoms with Crippen molar-refractivity contribution in [2.24, 2.45) is 0 Å². The predicted octanol–water partition coefficient (Wildman–Crippen LogP) is 8.39. The van der Waals surface area contributed by atoms with Crippen LogP contribution in [0.25, 0.3) is 16.1 Å². The van der Waals surface area contributed by atoms with E-state index >= 15 is 0 Å². The Morgan fingerprint density at radius 3 is 2.34 bits per heavy atom. The summed E-state index contributed by atoms with van der Waals surface area (Å²) in [4.78, 5) is 5.00. The lowest BCUT2D eigenvalue weighted by Gasteiger charge is -2.17. The minimum absolute atomic E-state index is 0.186. The van der Waals surface area contributed by atoms with E-state index in [-0.39, 0.29) is 5.92 Å². The summed E-state index contributed by atoms with van der Waals surface area (Å²) in [5.41, 5.74) is 8.45. The van der Waals surface area contributed by atoms with Crippen molar-refractivity contribution in [2.75, 3.05) is 7.11 Å². The van der Waals surface area contributed by atoms with E-state index in [9.17, 15) is 0 Å². The Morgan fingerprint density at radius 2 is 1.75 bits per heavy atom. The highest BCUT2D eigenvalue weighted by Gasteiger charge is 2.28. The van der Waals surface area contributed by atoms with E-state index in [0.29, 0.717) is 0 Å². The van der Waals surface area contributed by atoms with Crippen molar-refractivity contribution in [2.45, 2.75) is 33.1 Å². The quantitative estimate of drug-likeness (QED) is 0.358. The number of aryl methyl sites for hydroxylation is 1. The lowest BCUT2D eigenvalue weighted by Crippen LogP contribution is -2.01. The van der Waals surface area contributed by atoms with Crippen LogP contribution in [-0.4, -0.2) is 12.1 Å². The molecular formula is C29H31NOS. The third kappa shape index (κ3) is 5.00. The number of aromatic nitrogens is 1. The first kappa shape index (κ1) is 23.5. The molecule has 1 aliphatic rings. The summed E-state index contributed by atoms with van der Waals surface area (Å²) in [6.07, 6.45) is 7.13. The summed E-state index contributed by atoms with van der Waals surface area (Å²) >= 11 is 1.70. The lowest BCUT2D eigenvalue weighted by atomic mass is 9.87. The van der Waals surface area contributed by atoms with Crippen molar-refractivity contribution in [3.8, 4) is 16.3 Å². The highest BCUT2D eigenvalue weighted by Crippen LogP contribution is 2.46. The van der Waals surface area contributed by atoms with E-state index in [2.05, 4.69) is 81.8 Å². The molecule has 0 fully saturated rings. The second-order valence-electron chi connectivity index (χ2n) is 7.70. The van der Waals surface area contributed by atoms with Crippen LogP contribution >= 0.6 is 11.3 Å². The molecule has 2 aromatic carbocycles. The molecule has 0 aliphatic heterocycles. The van der Waals surface area contributed by atoms with E-state index in [0.717, 1.165) is 22.9 Å². The van der Waals surface area contributed by atoms with Gasteiger partial charge in [-0.1, -0.05) is 67.6 Å². The molecule has 4 rings (SSSR count). The molecule has 1 aliphatic carbocycles. The molecule has 3 aromatic rings. The van der Waals surface area contributed by atoms with E-state index in [1.54, 1.807) is 18.4 Å². The molecule has 0 N–H and O–H groups in total. The minimum atomic E-state index is 0.186. The minimum Gasteiger partial charge on any atom is -0.497 e. The van der Waals surface area contributed by atoms with E-state index in [4.69, 9.17) is 9.72 Å². The Hall–Kier alpha value is -3.17. The fourth-order valence-electron chi connectivity index (χ4n) is 3.78. The van der Waals surface area contributed by atoms with Crippen LogP contribution in [0.3, 0.4) is 0 Å². The molecule has 0 bridgehead atoms. The van der Waals surface area contributed by atoms with Gasteiger partial charge in [-0.2, -0.15) is 0 Å². The fraction of sp³-hybridized carbons (Fsp3) is 0.207. The van der Waals surface area contributed by atoms with E-state index < -0.39 is 0 Å². The van der Waals surface area contributed by atoms with Gasteiger partial charge in [-0.15, -0.1) is 17.9 Å². The highest BCUT2D eigenvalue weighted by molar-refractivity contribution is 7.13. The zero-order valence-electron chi connectivity index (χ0n) is 19.4. The molecule has 1 heterocycles. The SMILES string of the molecule is C=CC1=C(C)C(c2ccc(OC)cc2)C(c2csc(-c3ccccc3C)n2)=C1.C=CCC. The molecule has 32 heavy (non-hydrogen) atoms. The zero-order valence-corrected chi connectivity index (χ0v) is 20.2. The van der Waals surface area contributed by atoms with Gasteiger partial charge in [0.05, 0.1) is 12.8 Å². The molecule has 0 saturated heterocycles. The Bertz CT molecular complexity index is 1150. The third-order valence-electron chi connectivity index (χ3n) is 5.64. The molecular weight excluding hydrogens is 410 g/mol. The second kappa shape index (κ2) is 10.9. The summed E-state index contributed by atoms with van der Waals surface area (Å²) in [5, 5.41) is 3.23. The van der Waals surface area contributed by atoms with Crippen molar-refractivity contribution >= 4 is 16.9 Å². The van der Waals surface area contributed by atoms with Crippen LogP contribution in [0.4, 0.5) is 0 Å². The van der Waals surface area contributed by atoms with Crippen molar-refractivity contribution in [3.05, 3.63) is 113 Å². The molecule has 0 amide bonds. The van der Waals surface area contributed by atoms with Crippen molar-refractivity contribution in [1.29, 1.82) is 0 Å². The average molecular weight is 442 g/mol. The first-order valence-electron chi connectivity index (χ1n) is 10.9. The highest BCUT2D eigenvalue weighted by atomic mass is 32.1. The van der Waals surface area contributed by atoms with Gasteiger partial charge in [0, 0.05) is 16.9 Å². The maximum absolute atomic E-state index is 5.32. The van der Waals surface area contributed by atoms with Gasteiger partial charge in [0.2, 0.25) is 0 Å². The number of hydrogen-bond acceptors (Lipinski definition) is 3. The van der Waals surface area contributed by atoms with Gasteiger partial charge in [0.1, 0.15) is 10.8 Å². The fourth-order valence-corrected chi connectivity index (χ4v) is 4.69. The second-order valence-corrected chi connectivity index (χ2v) is 8.56. The summed E-state index contributed by atoms with van der Waals surface area (Å²) < 4.78 is 5.32. The number of ether oxygens (including phenoxy) is 1. The molecule has 1 aromatic heterocycles. The maximum Gasteiger partial charge on any atom is 0.124 e.